The Kier molecular flexibility index (Phi) is 14.8. The predicted octanol–water partition coefficient (Wildman–Crippen LogP) is 10.9. The number of nitrogens with zero attached hydrogens (tertiary/aromatic N) is 6. The van der Waals surface area contributed by atoms with Crippen molar-refractivity contribution in [1.29, 1.82) is 0 Å². The van der Waals surface area contributed by atoms with Crippen LogP contribution in [0.15, 0.2) is 85.3 Å². The minimum absolute atomic E-state index is 0.00502. The number of thiophene rings is 1. The zero-order chi connectivity index (χ0) is 50.8. The van der Waals surface area contributed by atoms with Gasteiger partial charge in [-0.1, -0.05) is 35.3 Å². The lowest BCUT2D eigenvalue weighted by Crippen LogP contribution is -2.49. The number of aromatic nitrogens is 4. The molecule has 1 amide bonds. The van der Waals surface area contributed by atoms with E-state index in [1.807, 2.05) is 13.8 Å². The average molecular weight is 1040 g/mol. The number of aliphatic carboxylic acids is 1. The molecule has 3 aliphatic heterocycles. The summed E-state index contributed by atoms with van der Waals surface area (Å²) in [5.41, 5.74) is 4.80. The molecule has 72 heavy (non-hydrogen) atoms. The summed E-state index contributed by atoms with van der Waals surface area (Å²) in [6, 6.07) is 20.1. The molecular weight excluding hydrogens is 985 g/mol. The smallest absolute Gasteiger partial charge is 0.412 e. The second-order valence-electron chi connectivity index (χ2n) is 18.7. The molecule has 4 bridgehead atoms. The van der Waals surface area contributed by atoms with Crippen molar-refractivity contribution in [3.05, 3.63) is 124 Å². The van der Waals surface area contributed by atoms with Crippen LogP contribution in [0.25, 0.3) is 43.2 Å². The van der Waals surface area contributed by atoms with Gasteiger partial charge in [-0.05, 0) is 125 Å². The number of hydrogen-bond acceptors (Lipinski definition) is 14. The van der Waals surface area contributed by atoms with Gasteiger partial charge in [0.2, 0.25) is 12.0 Å². The number of anilines is 1. The lowest BCUT2D eigenvalue weighted by molar-refractivity contribution is -0.145. The van der Waals surface area contributed by atoms with Crippen molar-refractivity contribution in [3.8, 4) is 56.1 Å². The third kappa shape index (κ3) is 11.4. The number of amides is 1. The highest BCUT2D eigenvalue weighted by atomic mass is 35.5. The summed E-state index contributed by atoms with van der Waals surface area (Å²) in [7, 11) is 2.09. The molecule has 0 saturated carbocycles. The van der Waals surface area contributed by atoms with Crippen molar-refractivity contribution in [2.24, 2.45) is 0 Å². The number of rotatable bonds is 9. The van der Waals surface area contributed by atoms with Crippen LogP contribution in [0.2, 0.25) is 10.0 Å². The predicted molar refractivity (Wildman–Crippen MR) is 275 cm³/mol. The second-order valence-corrected chi connectivity index (χ2v) is 20.4. The molecule has 6 heterocycles. The Morgan fingerprint density at radius 1 is 0.903 bits per heavy atom. The van der Waals surface area contributed by atoms with Gasteiger partial charge in [0.1, 0.15) is 53.4 Å². The maximum atomic E-state index is 14.4. The Balaban J connectivity index is 1.09. The molecule has 374 valence electrons. The number of carbonyl (C=O) groups is 2. The normalized spacial score (nSPS) is 16.6. The largest absolute Gasteiger partial charge is 0.490 e. The van der Waals surface area contributed by atoms with Crippen molar-refractivity contribution in [2.75, 3.05) is 51.7 Å². The molecule has 0 radical (unpaired) electrons. The number of piperazine rings is 1. The number of likely N-dealkylation sites (N-methyl/N-ethyl adjacent to an activating group) is 1. The molecule has 15 nitrogen and oxygen atoms in total. The number of halogens is 3. The fourth-order valence-electron chi connectivity index (χ4n) is 8.60. The first-order chi connectivity index (χ1) is 34.5. The van der Waals surface area contributed by atoms with Crippen molar-refractivity contribution in [3.63, 3.8) is 0 Å². The maximum absolute atomic E-state index is 14.4. The molecule has 4 aromatic carbocycles. The van der Waals surface area contributed by atoms with E-state index < -0.39 is 35.7 Å². The third-order valence-corrected chi connectivity index (χ3v) is 14.3. The lowest BCUT2D eigenvalue weighted by atomic mass is 9.92. The van der Waals surface area contributed by atoms with E-state index in [1.165, 1.54) is 29.8 Å². The fourth-order valence-corrected chi connectivity index (χ4v) is 10.3. The first kappa shape index (κ1) is 50.3. The van der Waals surface area contributed by atoms with Crippen LogP contribution in [0.5, 0.6) is 23.1 Å². The quantitative estimate of drug-likeness (QED) is 0.140. The van der Waals surface area contributed by atoms with E-state index >= 15 is 0 Å². The van der Waals surface area contributed by atoms with Crippen LogP contribution in [0.1, 0.15) is 43.2 Å². The molecule has 7 aromatic rings. The Labute approximate surface area is 429 Å². The van der Waals surface area contributed by atoms with Crippen LogP contribution in [-0.4, -0.2) is 111 Å². The molecular formula is C53H52Cl2FN7O8S. The molecule has 19 heteroatoms. The van der Waals surface area contributed by atoms with E-state index in [-0.39, 0.29) is 35.6 Å². The van der Waals surface area contributed by atoms with E-state index in [4.69, 9.17) is 51.9 Å². The summed E-state index contributed by atoms with van der Waals surface area (Å²) in [5, 5.41) is 14.6. The number of ether oxygens (including phenoxy) is 5. The molecule has 2 N–H and O–H groups in total. The maximum Gasteiger partial charge on any atom is 0.412 e. The molecule has 1 fully saturated rings. The fraction of sp³-hybridized carbons (Fsp3) is 0.321. The Bertz CT molecular complexity index is 3120. The van der Waals surface area contributed by atoms with E-state index in [0.29, 0.717) is 95.0 Å². The molecule has 3 aliphatic rings. The molecule has 0 unspecified atom stereocenters. The van der Waals surface area contributed by atoms with Gasteiger partial charge >= 0.3 is 12.1 Å². The highest BCUT2D eigenvalue weighted by molar-refractivity contribution is 7.22. The lowest BCUT2D eigenvalue weighted by Gasteiger charge is -2.35. The van der Waals surface area contributed by atoms with Crippen LogP contribution in [0, 0.1) is 19.7 Å². The van der Waals surface area contributed by atoms with Gasteiger partial charge in [0.05, 0.1) is 21.1 Å². The second kappa shape index (κ2) is 21.2. The van der Waals surface area contributed by atoms with Gasteiger partial charge in [0.25, 0.3) is 0 Å². The van der Waals surface area contributed by atoms with Crippen molar-refractivity contribution in [2.45, 2.75) is 65.5 Å². The van der Waals surface area contributed by atoms with Crippen LogP contribution in [0.3, 0.4) is 0 Å². The van der Waals surface area contributed by atoms with Crippen molar-refractivity contribution < 1.29 is 42.8 Å². The summed E-state index contributed by atoms with van der Waals surface area (Å²) in [5.74, 6) is -0.140. The summed E-state index contributed by atoms with van der Waals surface area (Å²) in [4.78, 5) is 49.9. The van der Waals surface area contributed by atoms with Crippen LogP contribution in [-0.2, 0) is 22.6 Å². The monoisotopic (exact) mass is 1040 g/mol. The minimum atomic E-state index is -1.50. The number of benzene rings is 4. The number of carbonyl (C=O) groups excluding carboxylic acids is 1. The van der Waals surface area contributed by atoms with Gasteiger partial charge in [-0.3, -0.25) is 10.2 Å². The van der Waals surface area contributed by atoms with Gasteiger partial charge in [0, 0.05) is 72.6 Å². The molecule has 2 atom stereocenters. The van der Waals surface area contributed by atoms with E-state index in [1.54, 1.807) is 87.6 Å². The topological polar surface area (TPSA) is 171 Å². The van der Waals surface area contributed by atoms with Gasteiger partial charge in [-0.2, -0.15) is 0 Å². The van der Waals surface area contributed by atoms with Crippen LogP contribution >= 0.6 is 34.5 Å². The van der Waals surface area contributed by atoms with E-state index in [9.17, 15) is 19.1 Å². The highest BCUT2D eigenvalue weighted by Gasteiger charge is 2.32. The Morgan fingerprint density at radius 2 is 1.61 bits per heavy atom. The zero-order valence-corrected chi connectivity index (χ0v) is 42.8. The summed E-state index contributed by atoms with van der Waals surface area (Å²) >= 11 is 16.0. The molecule has 10 rings (SSSR count). The minimum Gasteiger partial charge on any atom is -0.490 e. The number of fused-ring (bicyclic) bond motifs is 7. The molecule has 0 aliphatic carbocycles. The highest BCUT2D eigenvalue weighted by Crippen LogP contribution is 2.53. The van der Waals surface area contributed by atoms with Gasteiger partial charge in [0.15, 0.2) is 11.6 Å². The molecule has 0 spiro atoms. The standard InChI is InChI=1S/C53H52Cl2FN7O8S/c1-29-41-30(2)45(55)46(44(29)54)69-38(25-63-21-19-62(6)20-22-63)27-67-37-15-16-39(68-26-36-17-18-57-48(60-36)32-9-13-35(14-10-32)61-52(66)71-53(3,4)5)33(23-37)24-40(51(64)65)70-49-43-42(41)47(72-50(43)59-28-58-49)31-7-11-34(56)12-8-31/h7-18,23,28,38,40H,19-22,24-27H2,1-6H3,(H,61,66)(H,64,65)/t38-,40-/m1/s1. The molecule has 1 saturated heterocycles. The number of carboxylic acids is 1. The first-order valence-corrected chi connectivity index (χ1v) is 24.8. The number of nitrogens with one attached hydrogen (secondary N) is 1. The SMILES string of the molecule is Cc1c(Cl)c2c(Cl)c(C)c1-c1c(-c3ccc(F)cc3)sc3ncnc(c13)O[C@@H](C(=O)O)Cc1cc(ccc1OCc1ccnc(-c3ccc(NC(=O)OC(C)(C)C)cc3)n1)OC[C@@H](CN1CCN(C)CC1)O2. The summed E-state index contributed by atoms with van der Waals surface area (Å²) in [6.45, 7) is 13.1. The van der Waals surface area contributed by atoms with Gasteiger partial charge < -0.3 is 33.7 Å². The number of carboxylic acid groups (broad SMARTS) is 1. The zero-order valence-electron chi connectivity index (χ0n) is 40.4. The van der Waals surface area contributed by atoms with Crippen LogP contribution in [0.4, 0.5) is 14.9 Å². The summed E-state index contributed by atoms with van der Waals surface area (Å²) in [6.07, 6.45) is 0.140. The first-order valence-electron chi connectivity index (χ1n) is 23.3. The average Bonchev–Trinajstić information content (AvgIpc) is 3.73. The van der Waals surface area contributed by atoms with Crippen molar-refractivity contribution in [1.82, 2.24) is 29.7 Å². The van der Waals surface area contributed by atoms with Crippen molar-refractivity contribution >= 4 is 62.5 Å². The number of hydrogen-bond donors (Lipinski definition) is 2. The Hall–Kier alpha value is -6.63. The molecule has 3 aromatic heterocycles. The van der Waals surface area contributed by atoms with Gasteiger partial charge in [-0.25, -0.2) is 33.9 Å². The van der Waals surface area contributed by atoms with E-state index in [2.05, 4.69) is 37.1 Å². The Morgan fingerprint density at radius 3 is 2.31 bits per heavy atom. The summed E-state index contributed by atoms with van der Waals surface area (Å²) < 4.78 is 46.1. The van der Waals surface area contributed by atoms with Crippen LogP contribution < -0.4 is 24.3 Å². The van der Waals surface area contributed by atoms with E-state index in [0.717, 1.165) is 26.2 Å². The third-order valence-electron chi connectivity index (χ3n) is 12.2. The van der Waals surface area contributed by atoms with Gasteiger partial charge in [-0.15, -0.1) is 11.3 Å².